The van der Waals surface area contributed by atoms with Crippen LogP contribution in [0.2, 0.25) is 0 Å². The Balaban J connectivity index is 1.87. The van der Waals surface area contributed by atoms with Crippen molar-refractivity contribution in [2.45, 2.75) is 45.4 Å². The van der Waals surface area contributed by atoms with E-state index in [0.29, 0.717) is 49.3 Å². The maximum atomic E-state index is 13.1. The summed E-state index contributed by atoms with van der Waals surface area (Å²) in [6.45, 7) is 10.6. The first-order chi connectivity index (χ1) is 12.8. The lowest BCUT2D eigenvalue weighted by atomic mass is 9.94. The maximum absolute atomic E-state index is 13.1. The third kappa shape index (κ3) is 3.97. The molecule has 27 heavy (non-hydrogen) atoms. The Morgan fingerprint density at radius 2 is 1.78 bits per heavy atom. The number of hydrogen-bond donors (Lipinski definition) is 0. The molecule has 1 amide bonds. The van der Waals surface area contributed by atoms with Crippen molar-refractivity contribution in [1.29, 1.82) is 0 Å². The predicted molar refractivity (Wildman–Crippen MR) is 108 cm³/mol. The van der Waals surface area contributed by atoms with Gasteiger partial charge >= 0.3 is 0 Å². The van der Waals surface area contributed by atoms with E-state index in [4.69, 9.17) is 0 Å². The molecule has 0 aromatic heterocycles. The van der Waals surface area contributed by atoms with Crippen LogP contribution in [0.1, 0.15) is 45.2 Å². The molecular weight excluding hydrogens is 360 g/mol. The van der Waals surface area contributed by atoms with Gasteiger partial charge < -0.3 is 4.90 Å². The van der Waals surface area contributed by atoms with Gasteiger partial charge in [-0.3, -0.25) is 4.79 Å². The molecule has 1 fully saturated rings. The molecule has 6 heteroatoms. The lowest BCUT2D eigenvalue weighted by Gasteiger charge is -2.34. The van der Waals surface area contributed by atoms with Crippen LogP contribution in [-0.2, 0) is 21.2 Å². The largest absolute Gasteiger partial charge is 0.339 e. The van der Waals surface area contributed by atoms with Gasteiger partial charge in [0.15, 0.2) is 0 Å². The number of nitrogens with zero attached hydrogens (tertiary/aromatic N) is 2. The van der Waals surface area contributed by atoms with Gasteiger partial charge in [-0.1, -0.05) is 19.9 Å². The average Bonchev–Trinajstić information content (AvgIpc) is 3.05. The quantitative estimate of drug-likeness (QED) is 0.776. The third-order valence-corrected chi connectivity index (χ3v) is 7.45. The minimum atomic E-state index is -3.50. The second-order valence-electron chi connectivity index (χ2n) is 7.95. The molecule has 2 unspecified atom stereocenters. The van der Waals surface area contributed by atoms with Crippen LogP contribution in [0.25, 0.3) is 6.08 Å². The fraction of sp³-hybridized carbons (Fsp3) is 0.571. The number of benzene rings is 1. The number of carbonyl (C=O) groups is 1. The van der Waals surface area contributed by atoms with E-state index in [9.17, 15) is 13.2 Å². The summed E-state index contributed by atoms with van der Waals surface area (Å²) >= 11 is 0. The van der Waals surface area contributed by atoms with E-state index in [-0.39, 0.29) is 5.91 Å². The number of sulfonamides is 1. The molecular formula is C21H30N2O3S. The van der Waals surface area contributed by atoms with E-state index < -0.39 is 10.0 Å². The summed E-state index contributed by atoms with van der Waals surface area (Å²) < 4.78 is 27.9. The van der Waals surface area contributed by atoms with Crippen molar-refractivity contribution in [3.05, 3.63) is 34.9 Å². The van der Waals surface area contributed by atoms with Gasteiger partial charge in [0.25, 0.3) is 0 Å². The highest BCUT2D eigenvalue weighted by atomic mass is 32.2. The molecule has 3 rings (SSSR count). The van der Waals surface area contributed by atoms with Crippen molar-refractivity contribution in [2.24, 2.45) is 11.8 Å². The van der Waals surface area contributed by atoms with Crippen molar-refractivity contribution in [3.63, 3.8) is 0 Å². The number of likely N-dealkylation sites (N-methyl/N-ethyl adjacent to an activating group) is 1. The van der Waals surface area contributed by atoms with Crippen LogP contribution in [-0.4, -0.2) is 49.7 Å². The highest BCUT2D eigenvalue weighted by molar-refractivity contribution is 7.89. The Hall–Kier alpha value is -1.66. The van der Waals surface area contributed by atoms with Crippen LogP contribution >= 0.6 is 0 Å². The first kappa shape index (κ1) is 20.1. The van der Waals surface area contributed by atoms with Gasteiger partial charge in [-0.05, 0) is 61.4 Å². The summed E-state index contributed by atoms with van der Waals surface area (Å²) in [5, 5.41) is 0. The summed E-state index contributed by atoms with van der Waals surface area (Å²) in [7, 11) is -3.50. The Bertz CT molecular complexity index is 846. The van der Waals surface area contributed by atoms with E-state index in [1.165, 1.54) is 0 Å². The Labute approximate surface area is 163 Å². The predicted octanol–water partition coefficient (Wildman–Crippen LogP) is 3.16. The molecule has 0 radical (unpaired) electrons. The minimum Gasteiger partial charge on any atom is -0.339 e. The molecule has 0 bridgehead atoms. The minimum absolute atomic E-state index is 0.0410. The van der Waals surface area contributed by atoms with Crippen LogP contribution in [0.3, 0.4) is 0 Å². The third-order valence-electron chi connectivity index (χ3n) is 5.63. The summed E-state index contributed by atoms with van der Waals surface area (Å²) in [6, 6.07) is 5.28. The number of amides is 1. The van der Waals surface area contributed by atoms with E-state index in [0.717, 1.165) is 23.1 Å². The molecule has 148 valence electrons. The van der Waals surface area contributed by atoms with Crippen molar-refractivity contribution in [2.75, 3.05) is 26.2 Å². The zero-order valence-electron chi connectivity index (χ0n) is 16.7. The van der Waals surface area contributed by atoms with Gasteiger partial charge in [0.05, 0.1) is 4.90 Å². The van der Waals surface area contributed by atoms with Crippen LogP contribution in [0, 0.1) is 11.8 Å². The molecule has 1 saturated heterocycles. The summed E-state index contributed by atoms with van der Waals surface area (Å²) in [4.78, 5) is 14.7. The van der Waals surface area contributed by atoms with Crippen molar-refractivity contribution >= 4 is 22.0 Å². The van der Waals surface area contributed by atoms with Gasteiger partial charge in [-0.25, -0.2) is 8.42 Å². The van der Waals surface area contributed by atoms with Crippen LogP contribution in [0.4, 0.5) is 0 Å². The average molecular weight is 391 g/mol. The fourth-order valence-corrected chi connectivity index (χ4v) is 5.99. The lowest BCUT2D eigenvalue weighted by molar-refractivity contribution is -0.126. The normalized spacial score (nSPS) is 23.0. The van der Waals surface area contributed by atoms with Crippen LogP contribution in [0.5, 0.6) is 0 Å². The Morgan fingerprint density at radius 3 is 2.37 bits per heavy atom. The molecule has 1 aromatic carbocycles. The molecule has 5 nitrogen and oxygen atoms in total. The molecule has 2 atom stereocenters. The summed E-state index contributed by atoms with van der Waals surface area (Å²) in [6.07, 6.45) is 3.50. The zero-order valence-corrected chi connectivity index (χ0v) is 17.6. The Morgan fingerprint density at radius 1 is 1.15 bits per heavy atom. The van der Waals surface area contributed by atoms with Crippen molar-refractivity contribution in [1.82, 2.24) is 9.21 Å². The molecule has 0 saturated carbocycles. The number of carbonyl (C=O) groups excluding carboxylic acids is 1. The van der Waals surface area contributed by atoms with E-state index in [1.54, 1.807) is 21.3 Å². The number of hydrogen-bond acceptors (Lipinski definition) is 3. The van der Waals surface area contributed by atoms with Gasteiger partial charge in [-0.2, -0.15) is 4.31 Å². The van der Waals surface area contributed by atoms with Crippen molar-refractivity contribution < 1.29 is 13.2 Å². The SMILES string of the molecule is CCN(CC)C(=O)C1=Cc2cc(S(=O)(=O)N3CC(C)CC(C)C3)ccc2C1. The second-order valence-corrected chi connectivity index (χ2v) is 9.89. The topological polar surface area (TPSA) is 57.7 Å². The van der Waals surface area contributed by atoms with Crippen LogP contribution < -0.4 is 0 Å². The zero-order chi connectivity index (χ0) is 19.8. The molecule has 1 aliphatic carbocycles. The standard InChI is InChI=1S/C21H30N2O3S/c1-5-22(6-2)21(24)19-10-17-7-8-20(12-18(17)11-19)27(25,26)23-13-15(3)9-16(4)14-23/h7-8,11-12,15-16H,5-6,9-10,13-14H2,1-4H3. The molecule has 0 spiro atoms. The highest BCUT2D eigenvalue weighted by Gasteiger charge is 2.32. The van der Waals surface area contributed by atoms with Crippen LogP contribution in [0.15, 0.2) is 28.7 Å². The number of piperidine rings is 1. The van der Waals surface area contributed by atoms with Gasteiger partial charge in [0.1, 0.15) is 0 Å². The maximum Gasteiger partial charge on any atom is 0.250 e. The first-order valence-electron chi connectivity index (χ1n) is 9.89. The van der Waals surface area contributed by atoms with E-state index >= 15 is 0 Å². The number of rotatable bonds is 5. The van der Waals surface area contributed by atoms with E-state index in [1.807, 2.05) is 26.0 Å². The van der Waals surface area contributed by atoms with Gasteiger partial charge in [0.2, 0.25) is 15.9 Å². The summed E-state index contributed by atoms with van der Waals surface area (Å²) in [5.41, 5.74) is 2.61. The van der Waals surface area contributed by atoms with E-state index in [2.05, 4.69) is 13.8 Å². The summed E-state index contributed by atoms with van der Waals surface area (Å²) in [5.74, 6) is 0.784. The first-order valence-corrected chi connectivity index (χ1v) is 11.3. The molecule has 1 aromatic rings. The lowest BCUT2D eigenvalue weighted by Crippen LogP contribution is -2.42. The fourth-order valence-electron chi connectivity index (χ4n) is 4.28. The number of fused-ring (bicyclic) bond motifs is 1. The molecule has 1 aliphatic heterocycles. The van der Waals surface area contributed by atoms with Crippen molar-refractivity contribution in [3.8, 4) is 0 Å². The molecule has 0 N–H and O–H groups in total. The molecule has 1 heterocycles. The van der Waals surface area contributed by atoms with Gasteiger partial charge in [0, 0.05) is 38.2 Å². The Kier molecular flexibility index (Phi) is 5.77. The second kappa shape index (κ2) is 7.76. The smallest absolute Gasteiger partial charge is 0.250 e. The van der Waals surface area contributed by atoms with Gasteiger partial charge in [-0.15, -0.1) is 0 Å². The highest BCUT2D eigenvalue weighted by Crippen LogP contribution is 2.31. The molecule has 2 aliphatic rings. The monoisotopic (exact) mass is 390 g/mol.